The second-order valence-electron chi connectivity index (χ2n) is 11.1. The Balaban J connectivity index is 1.56. The van der Waals surface area contributed by atoms with Crippen molar-refractivity contribution in [3.05, 3.63) is 64.6 Å². The minimum Gasteiger partial charge on any atom is -0.481 e. The Morgan fingerprint density at radius 2 is 1.60 bits per heavy atom. The van der Waals surface area contributed by atoms with Crippen LogP contribution in [-0.4, -0.2) is 65.4 Å². The minimum atomic E-state index is -5.05. The number of alkyl halides is 6. The number of nitrogens with zero attached hydrogens (tertiary/aromatic N) is 5. The van der Waals surface area contributed by atoms with Gasteiger partial charge < -0.3 is 19.1 Å². The van der Waals surface area contributed by atoms with Gasteiger partial charge in [-0.15, -0.1) is 0 Å². The highest BCUT2D eigenvalue weighted by molar-refractivity contribution is 5.74. The summed E-state index contributed by atoms with van der Waals surface area (Å²) in [6.07, 6.45) is -9.16. The number of hydrogen-bond donors (Lipinski definition) is 0. The van der Waals surface area contributed by atoms with Crippen molar-refractivity contribution in [2.45, 2.75) is 57.7 Å². The summed E-state index contributed by atoms with van der Waals surface area (Å²) in [5.41, 5.74) is -1.12. The quantitative estimate of drug-likeness (QED) is 0.267. The fourth-order valence-corrected chi connectivity index (χ4v) is 5.27. The fraction of sp³-hybridized carbons (Fsp3) is 0.467. The highest BCUT2D eigenvalue weighted by Gasteiger charge is 2.43. The first-order chi connectivity index (χ1) is 21.2. The lowest BCUT2D eigenvalue weighted by molar-refractivity contribution is -0.143. The number of carbonyl (C=O) groups is 1. The molecule has 2 aromatic heterocycles. The van der Waals surface area contributed by atoms with Crippen LogP contribution in [0.15, 0.2) is 36.7 Å². The Labute approximate surface area is 255 Å². The molecule has 242 valence electrons. The number of pyridine rings is 1. The molecule has 0 bridgehead atoms. The van der Waals surface area contributed by atoms with Crippen LogP contribution in [-0.2, 0) is 28.4 Å². The van der Waals surface area contributed by atoms with Gasteiger partial charge in [0.05, 0.1) is 49.7 Å². The first-order valence-corrected chi connectivity index (χ1v) is 14.2. The Hall–Kier alpha value is -4.14. The first-order valence-electron chi connectivity index (χ1n) is 14.2. The number of morpholine rings is 1. The van der Waals surface area contributed by atoms with Gasteiger partial charge in [0.15, 0.2) is 0 Å². The molecule has 45 heavy (non-hydrogen) atoms. The maximum absolute atomic E-state index is 13.6. The molecule has 1 amide bonds. The first kappa shape index (κ1) is 32.3. The van der Waals surface area contributed by atoms with Gasteiger partial charge in [0, 0.05) is 36.6 Å². The van der Waals surface area contributed by atoms with Crippen LogP contribution in [0.2, 0.25) is 0 Å². The van der Waals surface area contributed by atoms with Gasteiger partial charge in [-0.05, 0) is 48.2 Å². The monoisotopic (exact) mass is 639 g/mol. The van der Waals surface area contributed by atoms with Crippen LogP contribution < -0.4 is 9.64 Å². The summed E-state index contributed by atoms with van der Waals surface area (Å²) in [6, 6.07) is 2.11. The molecule has 0 spiro atoms. The maximum Gasteiger partial charge on any atom is 0.416 e. The van der Waals surface area contributed by atoms with Gasteiger partial charge in [0.25, 0.3) is 0 Å². The summed E-state index contributed by atoms with van der Waals surface area (Å²) in [7, 11) is 1.46. The van der Waals surface area contributed by atoms with Gasteiger partial charge in [-0.3, -0.25) is 4.90 Å². The zero-order valence-electron chi connectivity index (χ0n) is 24.9. The molecule has 2 fully saturated rings. The number of aromatic nitrogens is 3. The van der Waals surface area contributed by atoms with Crippen LogP contribution in [0.5, 0.6) is 5.88 Å². The number of halogens is 6. The fourth-order valence-electron chi connectivity index (χ4n) is 5.27. The highest BCUT2D eigenvalue weighted by Crippen LogP contribution is 2.42. The van der Waals surface area contributed by atoms with Gasteiger partial charge in [-0.1, -0.05) is 13.8 Å². The summed E-state index contributed by atoms with van der Waals surface area (Å²) in [5, 5.41) is 0. The number of amides is 1. The molecule has 0 saturated carbocycles. The van der Waals surface area contributed by atoms with Crippen molar-refractivity contribution in [1.29, 1.82) is 0 Å². The number of hydrogen-bond acceptors (Lipinski definition) is 8. The number of anilines is 1. The lowest BCUT2D eigenvalue weighted by Crippen LogP contribution is -2.38. The van der Waals surface area contributed by atoms with Gasteiger partial charge in [0.1, 0.15) is 6.10 Å². The maximum atomic E-state index is 13.6. The van der Waals surface area contributed by atoms with Crippen molar-refractivity contribution in [1.82, 2.24) is 19.9 Å². The number of ether oxygens (including phenoxy) is 3. The van der Waals surface area contributed by atoms with Gasteiger partial charge in [-0.2, -0.15) is 26.3 Å². The van der Waals surface area contributed by atoms with E-state index in [0.29, 0.717) is 61.2 Å². The second-order valence-corrected chi connectivity index (χ2v) is 11.1. The number of benzene rings is 1. The predicted molar refractivity (Wildman–Crippen MR) is 150 cm³/mol. The average molecular weight is 640 g/mol. The molecule has 0 N–H and O–H groups in total. The molecular weight excluding hydrogens is 608 g/mol. The zero-order chi connectivity index (χ0) is 32.7. The van der Waals surface area contributed by atoms with Crippen molar-refractivity contribution < 1.29 is 45.3 Å². The third-order valence-electron chi connectivity index (χ3n) is 7.82. The van der Waals surface area contributed by atoms with Gasteiger partial charge >= 0.3 is 18.4 Å². The summed E-state index contributed by atoms with van der Waals surface area (Å²) in [6.45, 7) is 7.26. The van der Waals surface area contributed by atoms with E-state index < -0.39 is 47.3 Å². The van der Waals surface area contributed by atoms with E-state index in [9.17, 15) is 31.1 Å². The molecule has 3 aromatic rings. The molecule has 2 atom stereocenters. The van der Waals surface area contributed by atoms with Crippen molar-refractivity contribution in [3.63, 3.8) is 0 Å². The van der Waals surface area contributed by atoms with E-state index in [-0.39, 0.29) is 24.4 Å². The van der Waals surface area contributed by atoms with Crippen LogP contribution in [0.3, 0.4) is 0 Å². The second kappa shape index (κ2) is 12.3. The van der Waals surface area contributed by atoms with E-state index in [1.165, 1.54) is 18.9 Å². The van der Waals surface area contributed by atoms with E-state index in [0.717, 1.165) is 5.56 Å². The normalized spacial score (nSPS) is 19.3. The summed E-state index contributed by atoms with van der Waals surface area (Å²) < 4.78 is 97.8. The molecule has 4 heterocycles. The van der Waals surface area contributed by atoms with E-state index >= 15 is 0 Å². The van der Waals surface area contributed by atoms with Gasteiger partial charge in [-0.25, -0.2) is 19.7 Å². The standard InChI is InChI=1S/C30H31F6N5O4/c1-16(2)19-11-22(26(43-4)37-13-19)23-14-38-27(40-5-7-44-8-6-40)39-24(23)15-41-17(3)25(45-28(41)42)18-9-20(29(31,32)33)12-21(10-18)30(34,35)36/h9-14,16-17,25H,5-8,15H2,1-4H3/t17-,25-/m0/s1. The molecule has 9 nitrogen and oxygen atoms in total. The van der Waals surface area contributed by atoms with Crippen LogP contribution in [0.25, 0.3) is 11.1 Å². The van der Waals surface area contributed by atoms with E-state index in [2.05, 4.69) is 9.97 Å². The molecule has 0 radical (unpaired) electrons. The van der Waals surface area contributed by atoms with Crippen molar-refractivity contribution in [2.75, 3.05) is 38.3 Å². The predicted octanol–water partition coefficient (Wildman–Crippen LogP) is 6.63. The molecule has 0 unspecified atom stereocenters. The van der Waals surface area contributed by atoms with Crippen molar-refractivity contribution in [3.8, 4) is 17.0 Å². The summed E-state index contributed by atoms with van der Waals surface area (Å²) in [4.78, 5) is 30.1. The van der Waals surface area contributed by atoms with Crippen LogP contribution in [0, 0.1) is 0 Å². The summed E-state index contributed by atoms with van der Waals surface area (Å²) in [5.74, 6) is 0.762. The molecule has 15 heteroatoms. The molecule has 1 aromatic carbocycles. The van der Waals surface area contributed by atoms with Gasteiger partial charge in [0.2, 0.25) is 11.8 Å². The lowest BCUT2D eigenvalue weighted by Gasteiger charge is -2.28. The number of rotatable bonds is 7. The molecule has 2 aliphatic heterocycles. The Morgan fingerprint density at radius 1 is 0.956 bits per heavy atom. The third-order valence-corrected chi connectivity index (χ3v) is 7.82. The Kier molecular flexibility index (Phi) is 8.84. The Bertz CT molecular complexity index is 1530. The number of cyclic esters (lactones) is 1. The highest BCUT2D eigenvalue weighted by atomic mass is 19.4. The SMILES string of the molecule is COc1ncc(C(C)C)cc1-c1cnc(N2CCOCC2)nc1CN1C(=O)O[C@H](c2cc(C(F)(F)F)cc(C(F)(F)F)c2)[C@@H]1C. The Morgan fingerprint density at radius 3 is 2.18 bits per heavy atom. The average Bonchev–Trinajstić information content (AvgIpc) is 3.28. The number of methoxy groups -OCH3 is 1. The molecule has 0 aliphatic carbocycles. The van der Waals surface area contributed by atoms with E-state index in [4.69, 9.17) is 19.2 Å². The number of carbonyl (C=O) groups excluding carboxylic acids is 1. The topological polar surface area (TPSA) is 89.9 Å². The van der Waals surface area contributed by atoms with E-state index in [1.54, 1.807) is 12.4 Å². The molecular formula is C30H31F6N5O4. The molecule has 5 rings (SSSR count). The molecule has 2 saturated heterocycles. The van der Waals surface area contributed by atoms with E-state index in [1.807, 2.05) is 24.8 Å². The molecule has 2 aliphatic rings. The van der Waals surface area contributed by atoms with Crippen LogP contribution in [0.1, 0.15) is 60.7 Å². The van der Waals surface area contributed by atoms with Crippen LogP contribution >= 0.6 is 0 Å². The lowest BCUT2D eigenvalue weighted by atomic mass is 9.97. The summed E-state index contributed by atoms with van der Waals surface area (Å²) >= 11 is 0. The minimum absolute atomic E-state index is 0.0374. The third kappa shape index (κ3) is 6.77. The van der Waals surface area contributed by atoms with Crippen molar-refractivity contribution in [2.24, 2.45) is 0 Å². The van der Waals surface area contributed by atoms with Crippen molar-refractivity contribution >= 4 is 12.0 Å². The van der Waals surface area contributed by atoms with Crippen LogP contribution in [0.4, 0.5) is 37.1 Å². The zero-order valence-corrected chi connectivity index (χ0v) is 24.9. The largest absolute Gasteiger partial charge is 0.481 e. The smallest absolute Gasteiger partial charge is 0.416 e.